The summed E-state index contributed by atoms with van der Waals surface area (Å²) in [7, 11) is 1.62. The largest absolute Gasteiger partial charge is 3.00 e. The summed E-state index contributed by atoms with van der Waals surface area (Å²) in [5, 5.41) is 5.16. The van der Waals surface area contributed by atoms with E-state index in [9.17, 15) is 0 Å². The molecular formula is C20H21ClN3O2Y+2. The molecule has 3 rings (SSSR count). The van der Waals surface area contributed by atoms with Gasteiger partial charge in [-0.15, -0.1) is 28.8 Å². The third kappa shape index (κ3) is 5.10. The molecule has 2 aromatic carbocycles. The van der Waals surface area contributed by atoms with E-state index in [2.05, 4.69) is 42.1 Å². The van der Waals surface area contributed by atoms with E-state index < -0.39 is 0 Å². The summed E-state index contributed by atoms with van der Waals surface area (Å²) in [5.41, 5.74) is 4.27. The van der Waals surface area contributed by atoms with Crippen molar-refractivity contribution in [1.82, 2.24) is 14.8 Å². The van der Waals surface area contributed by atoms with Crippen LogP contribution in [0.1, 0.15) is 23.6 Å². The van der Waals surface area contributed by atoms with Gasteiger partial charge >= 0.3 is 38.7 Å². The van der Waals surface area contributed by atoms with Gasteiger partial charge < -0.3 is 9.47 Å². The Morgan fingerprint density at radius 2 is 1.96 bits per heavy atom. The molecular weight excluding hydrogens is 439 g/mol. The van der Waals surface area contributed by atoms with Crippen LogP contribution in [0.15, 0.2) is 30.3 Å². The van der Waals surface area contributed by atoms with E-state index in [4.69, 9.17) is 21.1 Å². The van der Waals surface area contributed by atoms with Crippen LogP contribution in [0.5, 0.6) is 11.8 Å². The second kappa shape index (κ2) is 9.67. The average molecular weight is 460 g/mol. The molecule has 0 saturated heterocycles. The Labute approximate surface area is 189 Å². The number of halogens is 1. The van der Waals surface area contributed by atoms with Crippen LogP contribution in [-0.4, -0.2) is 28.5 Å². The number of aromatic nitrogens is 3. The van der Waals surface area contributed by atoms with Gasteiger partial charge in [0.2, 0.25) is 0 Å². The van der Waals surface area contributed by atoms with Gasteiger partial charge in [-0.05, 0) is 38.0 Å². The van der Waals surface area contributed by atoms with Crippen molar-refractivity contribution in [2.24, 2.45) is 0 Å². The van der Waals surface area contributed by atoms with Gasteiger partial charge in [-0.25, -0.2) is 4.68 Å². The van der Waals surface area contributed by atoms with Crippen molar-refractivity contribution in [2.75, 3.05) is 13.7 Å². The van der Waals surface area contributed by atoms with E-state index >= 15 is 0 Å². The predicted molar refractivity (Wildman–Crippen MR) is 102 cm³/mol. The van der Waals surface area contributed by atoms with Crippen LogP contribution in [0.25, 0.3) is 11.4 Å². The summed E-state index contributed by atoms with van der Waals surface area (Å²) >= 11 is 6.09. The summed E-state index contributed by atoms with van der Waals surface area (Å²) in [5.74, 6) is 1.32. The number of ether oxygens (including phenoxy) is 2. The van der Waals surface area contributed by atoms with Gasteiger partial charge in [-0.2, -0.15) is 11.1 Å². The van der Waals surface area contributed by atoms with Crippen LogP contribution in [0.2, 0.25) is 5.02 Å². The number of hydrogen-bond donors (Lipinski definition) is 0. The van der Waals surface area contributed by atoms with Gasteiger partial charge in [-0.3, -0.25) is 0 Å². The average Bonchev–Trinajstić information content (AvgIpc) is 3.01. The molecule has 5 nitrogen and oxygen atoms in total. The van der Waals surface area contributed by atoms with E-state index in [-0.39, 0.29) is 32.7 Å². The quantitative estimate of drug-likeness (QED) is 0.510. The van der Waals surface area contributed by atoms with Crippen molar-refractivity contribution < 1.29 is 42.2 Å². The van der Waals surface area contributed by atoms with Crippen LogP contribution < -0.4 is 9.47 Å². The second-order valence-electron chi connectivity index (χ2n) is 5.98. The maximum atomic E-state index is 6.09. The molecule has 0 atom stereocenters. The third-order valence-corrected chi connectivity index (χ3v) is 4.39. The Balaban J connectivity index is 0.00000261. The number of methoxy groups -OCH3 is 1. The van der Waals surface area contributed by atoms with E-state index in [0.29, 0.717) is 35.8 Å². The van der Waals surface area contributed by atoms with Crippen molar-refractivity contribution in [2.45, 2.75) is 27.3 Å². The van der Waals surface area contributed by atoms with Crippen molar-refractivity contribution in [3.8, 4) is 23.1 Å². The Kier molecular flexibility index (Phi) is 7.83. The molecule has 0 fully saturated rings. The van der Waals surface area contributed by atoms with Gasteiger partial charge in [0.05, 0.1) is 20.3 Å². The maximum absolute atomic E-state index is 6.09. The molecule has 1 aromatic heterocycles. The topological polar surface area (TPSA) is 49.2 Å². The normalized spacial score (nSPS) is 10.4. The summed E-state index contributed by atoms with van der Waals surface area (Å²) < 4.78 is 12.8. The molecule has 0 aliphatic carbocycles. The predicted octanol–water partition coefficient (Wildman–Crippen LogP) is 4.47. The van der Waals surface area contributed by atoms with E-state index in [1.54, 1.807) is 17.9 Å². The molecule has 7 heteroatoms. The summed E-state index contributed by atoms with van der Waals surface area (Å²) in [4.78, 5) is 4.56. The molecule has 0 saturated carbocycles. The zero-order valence-corrected chi connectivity index (χ0v) is 19.5. The van der Waals surface area contributed by atoms with Crippen LogP contribution in [0.3, 0.4) is 0 Å². The Morgan fingerprint density at radius 3 is 2.63 bits per heavy atom. The Bertz CT molecular complexity index is 928. The number of aryl methyl sites for hydroxylation is 2. The van der Waals surface area contributed by atoms with Crippen molar-refractivity contribution >= 4 is 11.6 Å². The summed E-state index contributed by atoms with van der Waals surface area (Å²) in [6.07, 6.45) is 0. The molecule has 0 N–H and O–H groups in total. The molecule has 3 aromatic rings. The molecule has 0 bridgehead atoms. The van der Waals surface area contributed by atoms with Crippen molar-refractivity contribution in [3.63, 3.8) is 0 Å². The van der Waals surface area contributed by atoms with Gasteiger partial charge in [-0.1, -0.05) is 22.7 Å². The molecule has 0 amide bonds. The van der Waals surface area contributed by atoms with Crippen molar-refractivity contribution in [1.29, 1.82) is 0 Å². The molecule has 0 radical (unpaired) electrons. The standard InChI is InChI=1S/C20H21ClN3O2.Y/c1-5-26-20-22-19(15-7-6-13(2)14(3)10-15)23-24(20)12-16-11-17(21)8-9-18(16)25-4;/h6-7,9-11H,5,12H2,1-4H3;/q-1;+3. The first kappa shape index (κ1) is 21.9. The minimum atomic E-state index is 0. The molecule has 0 aliphatic heterocycles. The zero-order valence-electron chi connectivity index (χ0n) is 15.9. The SMILES string of the molecule is CCOc1nc(-c2ccc(C)c(C)c2)nn1Cc1cc(Cl)[c-]cc1OC.[Y+3]. The molecule has 0 aliphatic rings. The fourth-order valence-electron chi connectivity index (χ4n) is 2.64. The molecule has 136 valence electrons. The van der Waals surface area contributed by atoms with Crippen LogP contribution >= 0.6 is 11.6 Å². The fourth-order valence-corrected chi connectivity index (χ4v) is 2.82. The number of benzene rings is 2. The van der Waals surface area contributed by atoms with Crippen LogP contribution in [0.4, 0.5) is 0 Å². The van der Waals surface area contributed by atoms with Gasteiger partial charge in [0.15, 0.2) is 5.82 Å². The number of hydrogen-bond acceptors (Lipinski definition) is 4. The van der Waals surface area contributed by atoms with Gasteiger partial charge in [0.25, 0.3) is 0 Å². The van der Waals surface area contributed by atoms with E-state index in [1.165, 1.54) is 11.1 Å². The van der Waals surface area contributed by atoms with E-state index in [0.717, 1.165) is 11.1 Å². The Morgan fingerprint density at radius 1 is 1.19 bits per heavy atom. The van der Waals surface area contributed by atoms with Crippen LogP contribution in [0, 0.1) is 19.9 Å². The first-order chi connectivity index (χ1) is 12.5. The second-order valence-corrected chi connectivity index (χ2v) is 6.39. The summed E-state index contributed by atoms with van der Waals surface area (Å²) in [6.45, 7) is 7.02. The fraction of sp³-hybridized carbons (Fsp3) is 0.300. The molecule has 27 heavy (non-hydrogen) atoms. The maximum Gasteiger partial charge on any atom is 3.00 e. The van der Waals surface area contributed by atoms with Gasteiger partial charge in [0, 0.05) is 11.3 Å². The minimum absolute atomic E-state index is 0. The minimum Gasteiger partial charge on any atom is -0.554 e. The Hall–Kier alpha value is -1.43. The first-order valence-electron chi connectivity index (χ1n) is 8.41. The van der Waals surface area contributed by atoms with Crippen LogP contribution in [-0.2, 0) is 39.3 Å². The number of nitrogens with zero attached hydrogens (tertiary/aromatic N) is 3. The van der Waals surface area contributed by atoms with Crippen molar-refractivity contribution in [3.05, 3.63) is 58.1 Å². The molecule has 0 unspecified atom stereocenters. The molecule has 1 heterocycles. The number of rotatable bonds is 6. The smallest absolute Gasteiger partial charge is 0.554 e. The monoisotopic (exact) mass is 459 g/mol. The van der Waals surface area contributed by atoms with Gasteiger partial charge in [0.1, 0.15) is 0 Å². The molecule has 0 spiro atoms. The van der Waals surface area contributed by atoms with E-state index in [1.807, 2.05) is 19.1 Å². The first-order valence-corrected chi connectivity index (χ1v) is 8.79. The summed E-state index contributed by atoms with van der Waals surface area (Å²) in [6, 6.07) is 13.1. The third-order valence-electron chi connectivity index (χ3n) is 4.17. The zero-order chi connectivity index (χ0) is 18.7.